The summed E-state index contributed by atoms with van der Waals surface area (Å²) in [5.74, 6) is -0.860. The van der Waals surface area contributed by atoms with Crippen molar-refractivity contribution in [3.05, 3.63) is 93.5 Å². The molecule has 0 atom stereocenters. The van der Waals surface area contributed by atoms with E-state index >= 15 is 0 Å². The molecule has 1 N–H and O–H groups in total. The smallest absolute Gasteiger partial charge is 0.261 e. The summed E-state index contributed by atoms with van der Waals surface area (Å²) in [7, 11) is -3.93. The predicted octanol–water partition coefficient (Wildman–Crippen LogP) is 4.22. The first-order chi connectivity index (χ1) is 13.3. The molecule has 7 heteroatoms. The Balaban J connectivity index is 1.83. The Bertz CT molecular complexity index is 1250. The molecule has 0 radical (unpaired) electrons. The average molecular weight is 412 g/mol. The molecule has 3 aromatic rings. The van der Waals surface area contributed by atoms with Crippen molar-refractivity contribution in [3.63, 3.8) is 0 Å². The van der Waals surface area contributed by atoms with Gasteiger partial charge in [0.25, 0.3) is 10.0 Å². The zero-order chi connectivity index (χ0) is 20.1. The lowest BCUT2D eigenvalue weighted by atomic mass is 9.83. The van der Waals surface area contributed by atoms with E-state index < -0.39 is 21.6 Å². The number of halogens is 1. The first-order valence-electron chi connectivity index (χ1n) is 8.40. The second-order valence-electron chi connectivity index (χ2n) is 6.47. The number of hydrogen-bond donors (Lipinski definition) is 1. The largest absolute Gasteiger partial charge is 0.289 e. The van der Waals surface area contributed by atoms with E-state index in [9.17, 15) is 18.0 Å². The molecule has 0 saturated heterocycles. The molecule has 1 aliphatic rings. The number of fused-ring (bicyclic) bond motifs is 2. The highest BCUT2D eigenvalue weighted by atomic mass is 35.5. The fourth-order valence-corrected chi connectivity index (χ4v) is 4.54. The molecule has 0 bridgehead atoms. The molecule has 1 aliphatic carbocycles. The Morgan fingerprint density at radius 3 is 2.04 bits per heavy atom. The van der Waals surface area contributed by atoms with Crippen LogP contribution in [0, 0.1) is 6.92 Å². The minimum absolute atomic E-state index is 0.0259. The van der Waals surface area contributed by atoms with Gasteiger partial charge < -0.3 is 0 Å². The van der Waals surface area contributed by atoms with E-state index in [0.29, 0.717) is 0 Å². The van der Waals surface area contributed by atoms with Crippen molar-refractivity contribution in [1.29, 1.82) is 0 Å². The quantitative estimate of drug-likeness (QED) is 0.547. The molecule has 0 saturated carbocycles. The molecule has 4 rings (SSSR count). The summed E-state index contributed by atoms with van der Waals surface area (Å²) in [5, 5.41) is 0.187. The van der Waals surface area contributed by atoms with Gasteiger partial charge in [0.1, 0.15) is 0 Å². The van der Waals surface area contributed by atoms with Crippen molar-refractivity contribution < 1.29 is 18.0 Å². The average Bonchev–Trinajstić information content (AvgIpc) is 2.66. The molecular formula is C21H14ClNO4S. The summed E-state index contributed by atoms with van der Waals surface area (Å²) in [6.45, 7) is 1.85. The SMILES string of the molecule is Cc1ccc(S(=O)(=O)Nc2cccc3c2C(=O)c2cccc(Cl)c2C3=O)cc1. The minimum Gasteiger partial charge on any atom is -0.289 e. The number of rotatable bonds is 3. The molecule has 3 aromatic carbocycles. The minimum atomic E-state index is -3.93. The monoisotopic (exact) mass is 411 g/mol. The van der Waals surface area contributed by atoms with Gasteiger partial charge in [-0.15, -0.1) is 0 Å². The van der Waals surface area contributed by atoms with Gasteiger partial charge in [0.05, 0.1) is 26.7 Å². The number of benzene rings is 3. The van der Waals surface area contributed by atoms with E-state index in [1.165, 1.54) is 36.4 Å². The van der Waals surface area contributed by atoms with Crippen LogP contribution >= 0.6 is 11.6 Å². The maximum atomic E-state index is 13.0. The number of ketones is 2. The number of nitrogens with one attached hydrogen (secondary N) is 1. The zero-order valence-electron chi connectivity index (χ0n) is 14.7. The van der Waals surface area contributed by atoms with Crippen molar-refractivity contribution in [2.45, 2.75) is 11.8 Å². The van der Waals surface area contributed by atoms with Crippen LogP contribution in [0.1, 0.15) is 37.4 Å². The van der Waals surface area contributed by atoms with Gasteiger partial charge >= 0.3 is 0 Å². The first-order valence-corrected chi connectivity index (χ1v) is 10.3. The maximum absolute atomic E-state index is 13.0. The summed E-state index contributed by atoms with van der Waals surface area (Å²) < 4.78 is 28.0. The van der Waals surface area contributed by atoms with Crippen LogP contribution in [-0.4, -0.2) is 20.0 Å². The summed E-state index contributed by atoms with van der Waals surface area (Å²) in [6, 6.07) is 15.4. The predicted molar refractivity (Wildman–Crippen MR) is 107 cm³/mol. The van der Waals surface area contributed by atoms with E-state index in [1.54, 1.807) is 24.3 Å². The van der Waals surface area contributed by atoms with Gasteiger partial charge in [-0.25, -0.2) is 8.42 Å². The molecule has 0 unspecified atom stereocenters. The topological polar surface area (TPSA) is 80.3 Å². The number of aryl methyl sites for hydroxylation is 1. The summed E-state index contributed by atoms with van der Waals surface area (Å²) in [4.78, 5) is 26.0. The van der Waals surface area contributed by atoms with Gasteiger partial charge in [0.15, 0.2) is 11.6 Å². The van der Waals surface area contributed by atoms with Crippen LogP contribution in [0.3, 0.4) is 0 Å². The van der Waals surface area contributed by atoms with E-state index in [0.717, 1.165) is 5.56 Å². The number of anilines is 1. The van der Waals surface area contributed by atoms with Crippen LogP contribution in [0.25, 0.3) is 0 Å². The molecule has 0 spiro atoms. The third-order valence-corrected chi connectivity index (χ3v) is 6.29. The zero-order valence-corrected chi connectivity index (χ0v) is 16.3. The first kappa shape index (κ1) is 18.4. The maximum Gasteiger partial charge on any atom is 0.261 e. The Kier molecular flexibility index (Phi) is 4.33. The van der Waals surface area contributed by atoms with E-state index in [1.807, 2.05) is 6.92 Å². The lowest BCUT2D eigenvalue weighted by molar-refractivity contribution is 0.0980. The number of hydrogen-bond acceptors (Lipinski definition) is 4. The Morgan fingerprint density at radius 2 is 1.36 bits per heavy atom. The van der Waals surface area contributed by atoms with Crippen molar-refractivity contribution in [2.24, 2.45) is 0 Å². The van der Waals surface area contributed by atoms with Crippen LogP contribution in [-0.2, 0) is 10.0 Å². The van der Waals surface area contributed by atoms with Crippen LogP contribution in [0.5, 0.6) is 0 Å². The van der Waals surface area contributed by atoms with Crippen molar-refractivity contribution in [2.75, 3.05) is 4.72 Å². The molecule has 140 valence electrons. The van der Waals surface area contributed by atoms with Gasteiger partial charge in [-0.3, -0.25) is 14.3 Å². The van der Waals surface area contributed by atoms with E-state index in [4.69, 9.17) is 11.6 Å². The summed E-state index contributed by atoms with van der Waals surface area (Å²) in [6.07, 6.45) is 0. The van der Waals surface area contributed by atoms with Gasteiger partial charge in [-0.2, -0.15) is 0 Å². The molecule has 0 aliphatic heterocycles. The number of carbonyl (C=O) groups is 2. The fourth-order valence-electron chi connectivity index (χ4n) is 3.21. The number of carbonyl (C=O) groups excluding carboxylic acids is 2. The standard InChI is InChI=1S/C21H14ClNO4S/c1-12-8-10-13(11-9-12)28(26,27)23-17-7-3-5-15-19(17)21(25)14-4-2-6-16(22)18(14)20(15)24/h2-11,23H,1H3. The van der Waals surface area contributed by atoms with Crippen molar-refractivity contribution in [1.82, 2.24) is 0 Å². The lowest BCUT2D eigenvalue weighted by Gasteiger charge is -2.21. The fraction of sp³-hybridized carbons (Fsp3) is 0.0476. The van der Waals surface area contributed by atoms with E-state index in [-0.39, 0.29) is 37.9 Å². The second-order valence-corrected chi connectivity index (χ2v) is 8.56. The van der Waals surface area contributed by atoms with Crippen LogP contribution in [0.15, 0.2) is 65.6 Å². The highest BCUT2D eigenvalue weighted by Gasteiger charge is 2.34. The molecule has 0 fully saturated rings. The van der Waals surface area contributed by atoms with E-state index in [2.05, 4.69) is 4.72 Å². The van der Waals surface area contributed by atoms with Gasteiger partial charge in [-0.1, -0.05) is 53.6 Å². The molecule has 5 nitrogen and oxygen atoms in total. The highest BCUT2D eigenvalue weighted by molar-refractivity contribution is 7.92. The lowest BCUT2D eigenvalue weighted by Crippen LogP contribution is -2.24. The van der Waals surface area contributed by atoms with Crippen molar-refractivity contribution >= 4 is 38.9 Å². The van der Waals surface area contributed by atoms with Crippen LogP contribution < -0.4 is 4.72 Å². The van der Waals surface area contributed by atoms with Gasteiger partial charge in [0.2, 0.25) is 0 Å². The Labute approximate surface area is 167 Å². The molecule has 28 heavy (non-hydrogen) atoms. The molecule has 0 heterocycles. The van der Waals surface area contributed by atoms with Crippen LogP contribution in [0.2, 0.25) is 5.02 Å². The van der Waals surface area contributed by atoms with Crippen LogP contribution in [0.4, 0.5) is 5.69 Å². The molecular weight excluding hydrogens is 398 g/mol. The second kappa shape index (κ2) is 6.58. The van der Waals surface area contributed by atoms with Gasteiger partial charge in [-0.05, 0) is 31.2 Å². The third kappa shape index (κ3) is 2.91. The highest BCUT2D eigenvalue weighted by Crippen LogP contribution is 2.35. The van der Waals surface area contributed by atoms with Gasteiger partial charge in [0, 0.05) is 11.1 Å². The van der Waals surface area contributed by atoms with Crippen molar-refractivity contribution in [3.8, 4) is 0 Å². The summed E-state index contributed by atoms with van der Waals surface area (Å²) in [5.41, 5.74) is 1.42. The Hall–Kier alpha value is -2.96. The molecule has 0 amide bonds. The Morgan fingerprint density at radius 1 is 0.786 bits per heavy atom. The normalized spacial score (nSPS) is 13.1. The number of sulfonamides is 1. The summed E-state index contributed by atoms with van der Waals surface area (Å²) >= 11 is 6.12. The molecule has 0 aromatic heterocycles. The third-order valence-electron chi connectivity index (χ3n) is 4.60.